The molecule has 8 heteroatoms. The zero-order valence-corrected chi connectivity index (χ0v) is 17.3. The fourth-order valence-electron chi connectivity index (χ4n) is 3.51. The fraction of sp³-hybridized carbons (Fsp3) is 0.550. The van der Waals surface area contributed by atoms with Crippen molar-refractivity contribution in [2.24, 2.45) is 5.92 Å². The van der Waals surface area contributed by atoms with Crippen LogP contribution in [0.15, 0.2) is 28.8 Å². The van der Waals surface area contributed by atoms with Crippen LogP contribution in [0.4, 0.5) is 0 Å². The molecule has 1 amide bonds. The van der Waals surface area contributed by atoms with Gasteiger partial charge < -0.3 is 19.5 Å². The van der Waals surface area contributed by atoms with Crippen LogP contribution in [-0.4, -0.2) is 54.7 Å². The first-order chi connectivity index (χ1) is 13.2. The molecule has 28 heavy (non-hydrogen) atoms. The van der Waals surface area contributed by atoms with Gasteiger partial charge >= 0.3 is 0 Å². The summed E-state index contributed by atoms with van der Waals surface area (Å²) in [6.45, 7) is 2.71. The molecule has 1 aliphatic rings. The minimum absolute atomic E-state index is 0. The van der Waals surface area contributed by atoms with E-state index in [4.69, 9.17) is 9.26 Å². The Hall–Kier alpha value is -2.12. The largest absolute Gasteiger partial charge is 0.497 e. The molecular formula is C20H29ClN4O3. The number of nitrogens with one attached hydrogen (secondary N) is 1. The molecule has 1 aromatic carbocycles. The van der Waals surface area contributed by atoms with Gasteiger partial charge in [0.1, 0.15) is 5.75 Å². The van der Waals surface area contributed by atoms with E-state index in [2.05, 4.69) is 15.5 Å². The predicted octanol–water partition coefficient (Wildman–Crippen LogP) is 2.95. The SMILES string of the molecule is CNCC1CCCN(C(=O)CCCc2nc(-c3ccc(OC)cc3)no2)C1.Cl. The number of hydrogen-bond donors (Lipinski definition) is 1. The number of methoxy groups -OCH3 is 1. The third-order valence-electron chi connectivity index (χ3n) is 4.96. The number of hydrogen-bond acceptors (Lipinski definition) is 6. The van der Waals surface area contributed by atoms with E-state index in [0.717, 1.165) is 43.8 Å². The van der Waals surface area contributed by atoms with Crippen molar-refractivity contribution >= 4 is 18.3 Å². The van der Waals surface area contributed by atoms with Gasteiger partial charge in [0.25, 0.3) is 0 Å². The molecule has 0 radical (unpaired) electrons. The number of amides is 1. The van der Waals surface area contributed by atoms with Crippen molar-refractivity contribution in [2.75, 3.05) is 33.8 Å². The Balaban J connectivity index is 0.00000280. The quantitative estimate of drug-likeness (QED) is 0.723. The standard InChI is InChI=1S/C20H28N4O3.ClH/c1-21-13-15-5-4-12-24(14-15)19(25)7-3-6-18-22-20(23-27-18)16-8-10-17(26-2)11-9-16;/h8-11,15,21H,3-7,12-14H2,1-2H3;1H. The van der Waals surface area contributed by atoms with Crippen LogP contribution in [0, 0.1) is 5.92 Å². The zero-order chi connectivity index (χ0) is 19.1. The van der Waals surface area contributed by atoms with Crippen LogP contribution in [-0.2, 0) is 11.2 Å². The average molecular weight is 409 g/mol. The predicted molar refractivity (Wildman–Crippen MR) is 110 cm³/mol. The molecule has 1 fully saturated rings. The van der Waals surface area contributed by atoms with E-state index in [9.17, 15) is 4.79 Å². The van der Waals surface area contributed by atoms with Gasteiger partial charge in [-0.05, 0) is 63.0 Å². The number of rotatable bonds is 8. The average Bonchev–Trinajstić information content (AvgIpc) is 3.17. The number of carbonyl (C=O) groups is 1. The molecular weight excluding hydrogens is 380 g/mol. The van der Waals surface area contributed by atoms with E-state index in [-0.39, 0.29) is 18.3 Å². The van der Waals surface area contributed by atoms with Gasteiger partial charge in [-0.3, -0.25) is 4.79 Å². The van der Waals surface area contributed by atoms with E-state index >= 15 is 0 Å². The Morgan fingerprint density at radius 3 is 2.86 bits per heavy atom. The Morgan fingerprint density at radius 2 is 2.14 bits per heavy atom. The molecule has 154 valence electrons. The molecule has 1 aliphatic heterocycles. The van der Waals surface area contributed by atoms with Crippen LogP contribution in [0.3, 0.4) is 0 Å². The second-order valence-corrected chi connectivity index (χ2v) is 7.00. The van der Waals surface area contributed by atoms with Crippen LogP contribution in [0.1, 0.15) is 31.6 Å². The van der Waals surface area contributed by atoms with Gasteiger partial charge in [-0.15, -0.1) is 12.4 Å². The van der Waals surface area contributed by atoms with Crippen molar-refractivity contribution in [2.45, 2.75) is 32.1 Å². The summed E-state index contributed by atoms with van der Waals surface area (Å²) in [4.78, 5) is 18.9. The van der Waals surface area contributed by atoms with Crippen molar-refractivity contribution in [3.8, 4) is 17.1 Å². The number of benzene rings is 1. The van der Waals surface area contributed by atoms with Gasteiger partial charge in [-0.25, -0.2) is 0 Å². The van der Waals surface area contributed by atoms with Crippen LogP contribution >= 0.6 is 12.4 Å². The first kappa shape index (κ1) is 22.2. The number of likely N-dealkylation sites (tertiary alicyclic amines) is 1. The van der Waals surface area contributed by atoms with Crippen molar-refractivity contribution < 1.29 is 14.1 Å². The number of piperidine rings is 1. The second-order valence-electron chi connectivity index (χ2n) is 7.00. The molecule has 0 saturated carbocycles. The van der Waals surface area contributed by atoms with Crippen LogP contribution in [0.5, 0.6) is 5.75 Å². The molecule has 2 heterocycles. The Bertz CT molecular complexity index is 733. The van der Waals surface area contributed by atoms with Gasteiger partial charge in [-0.2, -0.15) is 4.98 Å². The van der Waals surface area contributed by atoms with E-state index in [1.807, 2.05) is 36.2 Å². The number of ether oxygens (including phenoxy) is 1. The Kier molecular flexibility index (Phi) is 8.73. The highest BCUT2D eigenvalue weighted by Gasteiger charge is 2.22. The molecule has 1 N–H and O–H groups in total. The molecule has 2 aromatic rings. The highest BCUT2D eigenvalue weighted by Crippen LogP contribution is 2.21. The first-order valence-electron chi connectivity index (χ1n) is 9.59. The lowest BCUT2D eigenvalue weighted by atomic mass is 9.97. The van der Waals surface area contributed by atoms with E-state index in [1.165, 1.54) is 6.42 Å². The normalized spacial score (nSPS) is 16.5. The lowest BCUT2D eigenvalue weighted by Crippen LogP contribution is -2.42. The molecule has 0 spiro atoms. The van der Waals surface area contributed by atoms with Gasteiger partial charge in [0.15, 0.2) is 0 Å². The first-order valence-corrected chi connectivity index (χ1v) is 9.59. The topological polar surface area (TPSA) is 80.5 Å². The van der Waals surface area contributed by atoms with Crippen LogP contribution in [0.2, 0.25) is 0 Å². The molecule has 0 aliphatic carbocycles. The molecule has 1 saturated heterocycles. The van der Waals surface area contributed by atoms with Gasteiger partial charge in [0, 0.05) is 31.5 Å². The summed E-state index contributed by atoms with van der Waals surface area (Å²) in [5.74, 6) is 2.71. The summed E-state index contributed by atoms with van der Waals surface area (Å²) in [6, 6.07) is 7.53. The summed E-state index contributed by atoms with van der Waals surface area (Å²) in [7, 11) is 3.60. The van der Waals surface area contributed by atoms with Gasteiger partial charge in [0.2, 0.25) is 17.6 Å². The maximum Gasteiger partial charge on any atom is 0.226 e. The minimum Gasteiger partial charge on any atom is -0.497 e. The summed E-state index contributed by atoms with van der Waals surface area (Å²) < 4.78 is 10.5. The number of nitrogens with zero attached hydrogens (tertiary/aromatic N) is 3. The molecule has 0 bridgehead atoms. The number of aromatic nitrogens is 2. The monoisotopic (exact) mass is 408 g/mol. The van der Waals surface area contributed by atoms with Crippen molar-refractivity contribution in [3.63, 3.8) is 0 Å². The zero-order valence-electron chi connectivity index (χ0n) is 16.5. The number of aryl methyl sites for hydroxylation is 1. The lowest BCUT2D eigenvalue weighted by molar-refractivity contribution is -0.133. The Morgan fingerprint density at radius 1 is 1.36 bits per heavy atom. The summed E-state index contributed by atoms with van der Waals surface area (Å²) in [6.07, 6.45) is 4.14. The highest BCUT2D eigenvalue weighted by molar-refractivity contribution is 5.85. The third-order valence-corrected chi connectivity index (χ3v) is 4.96. The molecule has 7 nitrogen and oxygen atoms in total. The van der Waals surface area contributed by atoms with E-state index in [0.29, 0.717) is 30.5 Å². The van der Waals surface area contributed by atoms with Crippen molar-refractivity contribution in [3.05, 3.63) is 30.2 Å². The van der Waals surface area contributed by atoms with Crippen LogP contribution < -0.4 is 10.1 Å². The molecule has 3 rings (SSSR count). The fourth-order valence-corrected chi connectivity index (χ4v) is 3.51. The molecule has 1 aromatic heterocycles. The lowest BCUT2D eigenvalue weighted by Gasteiger charge is -2.32. The van der Waals surface area contributed by atoms with Crippen molar-refractivity contribution in [1.82, 2.24) is 20.4 Å². The summed E-state index contributed by atoms with van der Waals surface area (Å²) >= 11 is 0. The molecule has 1 unspecified atom stereocenters. The van der Waals surface area contributed by atoms with Gasteiger partial charge in [-0.1, -0.05) is 5.16 Å². The van der Waals surface area contributed by atoms with E-state index in [1.54, 1.807) is 7.11 Å². The van der Waals surface area contributed by atoms with Crippen molar-refractivity contribution in [1.29, 1.82) is 0 Å². The minimum atomic E-state index is 0. The Labute approximate surface area is 172 Å². The smallest absolute Gasteiger partial charge is 0.226 e. The summed E-state index contributed by atoms with van der Waals surface area (Å²) in [5.41, 5.74) is 0.880. The third kappa shape index (κ3) is 5.94. The van der Waals surface area contributed by atoms with Gasteiger partial charge in [0.05, 0.1) is 7.11 Å². The second kappa shape index (κ2) is 11.0. The summed E-state index contributed by atoms with van der Waals surface area (Å²) in [5, 5.41) is 7.24. The van der Waals surface area contributed by atoms with E-state index < -0.39 is 0 Å². The van der Waals surface area contributed by atoms with Crippen LogP contribution in [0.25, 0.3) is 11.4 Å². The highest BCUT2D eigenvalue weighted by atomic mass is 35.5. The number of carbonyl (C=O) groups excluding carboxylic acids is 1. The number of halogens is 1. The maximum absolute atomic E-state index is 12.5. The maximum atomic E-state index is 12.5. The molecule has 1 atom stereocenters.